The molecule has 1 spiro atoms. The summed E-state index contributed by atoms with van der Waals surface area (Å²) in [5, 5.41) is 0. The number of likely N-dealkylation sites (tertiary alicyclic amines) is 1. The summed E-state index contributed by atoms with van der Waals surface area (Å²) in [5.41, 5.74) is -0.953. The minimum atomic E-state index is -4.45. The molecule has 3 rings (SSSR count). The molecule has 1 atom stereocenters. The van der Waals surface area contributed by atoms with E-state index >= 15 is 0 Å². The third-order valence-corrected chi connectivity index (χ3v) is 5.32. The number of rotatable bonds is 4. The van der Waals surface area contributed by atoms with E-state index in [9.17, 15) is 18.0 Å². The molecule has 8 heteroatoms. The van der Waals surface area contributed by atoms with E-state index in [2.05, 4.69) is 4.98 Å². The highest BCUT2D eigenvalue weighted by molar-refractivity contribution is 5.77. The molecule has 1 aromatic rings. The van der Waals surface area contributed by atoms with E-state index in [1.54, 1.807) is 13.2 Å². The SMILES string of the molecule is COCCN1C[C@@]2(CCCN(c3cccc(C(F)(F)F)n3)C2)CCC1=O. The van der Waals surface area contributed by atoms with Crippen molar-refractivity contribution in [3.8, 4) is 0 Å². The van der Waals surface area contributed by atoms with E-state index in [-0.39, 0.29) is 11.3 Å². The van der Waals surface area contributed by atoms with Gasteiger partial charge in [0.15, 0.2) is 0 Å². The Hall–Kier alpha value is -1.83. The zero-order chi connectivity index (χ0) is 18.8. The monoisotopic (exact) mass is 371 g/mol. The number of amides is 1. The molecule has 0 bridgehead atoms. The number of pyridine rings is 1. The van der Waals surface area contributed by atoms with Gasteiger partial charge in [-0.05, 0) is 31.4 Å². The molecule has 0 unspecified atom stereocenters. The topological polar surface area (TPSA) is 45.7 Å². The first-order chi connectivity index (χ1) is 12.3. The van der Waals surface area contributed by atoms with Crippen molar-refractivity contribution in [3.63, 3.8) is 0 Å². The predicted octanol–water partition coefficient (Wildman–Crippen LogP) is 2.96. The van der Waals surface area contributed by atoms with Crippen LogP contribution in [0.15, 0.2) is 18.2 Å². The molecular formula is C18H24F3N3O2. The van der Waals surface area contributed by atoms with Crippen LogP contribution in [0.5, 0.6) is 0 Å². The van der Waals surface area contributed by atoms with Gasteiger partial charge < -0.3 is 14.5 Å². The van der Waals surface area contributed by atoms with Crippen LogP contribution >= 0.6 is 0 Å². The van der Waals surface area contributed by atoms with Crippen LogP contribution in [0.3, 0.4) is 0 Å². The van der Waals surface area contributed by atoms with E-state index in [1.165, 1.54) is 6.07 Å². The molecule has 0 saturated carbocycles. The molecule has 0 aliphatic carbocycles. The Labute approximate surface area is 151 Å². The van der Waals surface area contributed by atoms with Crippen LogP contribution in [0.25, 0.3) is 0 Å². The van der Waals surface area contributed by atoms with Crippen molar-refractivity contribution < 1.29 is 22.7 Å². The van der Waals surface area contributed by atoms with E-state index in [4.69, 9.17) is 4.74 Å². The summed E-state index contributed by atoms with van der Waals surface area (Å²) in [6.07, 6.45) is -1.35. The summed E-state index contributed by atoms with van der Waals surface area (Å²) in [7, 11) is 1.60. The van der Waals surface area contributed by atoms with Crippen LogP contribution in [-0.4, -0.2) is 55.7 Å². The molecule has 2 fully saturated rings. The van der Waals surface area contributed by atoms with Crippen molar-refractivity contribution in [2.24, 2.45) is 5.41 Å². The van der Waals surface area contributed by atoms with Gasteiger partial charge in [-0.25, -0.2) is 4.98 Å². The number of hydrogen-bond donors (Lipinski definition) is 0. The number of alkyl halides is 3. The number of aromatic nitrogens is 1. The largest absolute Gasteiger partial charge is 0.433 e. The average Bonchev–Trinajstić information content (AvgIpc) is 2.62. The molecule has 5 nitrogen and oxygen atoms in total. The fourth-order valence-corrected chi connectivity index (χ4v) is 4.00. The molecule has 3 heterocycles. The van der Waals surface area contributed by atoms with Gasteiger partial charge in [0.1, 0.15) is 11.5 Å². The maximum Gasteiger partial charge on any atom is 0.433 e. The zero-order valence-electron chi connectivity index (χ0n) is 14.9. The van der Waals surface area contributed by atoms with E-state index in [0.29, 0.717) is 45.0 Å². The van der Waals surface area contributed by atoms with Gasteiger partial charge in [0, 0.05) is 45.1 Å². The molecule has 144 valence electrons. The average molecular weight is 371 g/mol. The summed E-state index contributed by atoms with van der Waals surface area (Å²) in [6.45, 7) is 2.98. The van der Waals surface area contributed by atoms with Crippen LogP contribution in [0.4, 0.5) is 19.0 Å². The lowest BCUT2D eigenvalue weighted by Gasteiger charge is -2.48. The lowest BCUT2D eigenvalue weighted by molar-refractivity contribution is -0.141. The van der Waals surface area contributed by atoms with Crippen molar-refractivity contribution in [1.82, 2.24) is 9.88 Å². The molecule has 26 heavy (non-hydrogen) atoms. The van der Waals surface area contributed by atoms with Crippen LogP contribution < -0.4 is 4.90 Å². The number of nitrogens with zero attached hydrogens (tertiary/aromatic N) is 3. The van der Waals surface area contributed by atoms with E-state index < -0.39 is 11.9 Å². The normalized spacial score (nSPS) is 24.4. The van der Waals surface area contributed by atoms with Crippen molar-refractivity contribution in [2.45, 2.75) is 31.9 Å². The minimum absolute atomic E-state index is 0.0875. The van der Waals surface area contributed by atoms with Crippen LogP contribution in [0, 0.1) is 5.41 Å². The van der Waals surface area contributed by atoms with E-state index in [1.807, 2.05) is 9.80 Å². The highest BCUT2D eigenvalue weighted by atomic mass is 19.4. The van der Waals surface area contributed by atoms with Crippen molar-refractivity contribution in [3.05, 3.63) is 23.9 Å². The molecular weight excluding hydrogens is 347 g/mol. The summed E-state index contributed by atoms with van der Waals surface area (Å²) in [4.78, 5) is 19.7. The van der Waals surface area contributed by atoms with Crippen molar-refractivity contribution in [2.75, 3.05) is 44.8 Å². The van der Waals surface area contributed by atoms with Gasteiger partial charge in [-0.2, -0.15) is 13.2 Å². The van der Waals surface area contributed by atoms with Gasteiger partial charge in [-0.15, -0.1) is 0 Å². The molecule has 1 aromatic heterocycles. The Morgan fingerprint density at radius 1 is 1.27 bits per heavy atom. The standard InChI is InChI=1S/C18H24F3N3O2/c1-26-11-10-24-13-17(8-6-16(24)25)7-3-9-23(12-17)15-5-2-4-14(22-15)18(19,20)21/h2,4-5H,3,6-13H2,1H3/t17-/m0/s1. The van der Waals surface area contributed by atoms with Gasteiger partial charge in [0.05, 0.1) is 6.61 Å². The van der Waals surface area contributed by atoms with Gasteiger partial charge in [0.2, 0.25) is 5.91 Å². The fraction of sp³-hybridized carbons (Fsp3) is 0.667. The number of anilines is 1. The molecule has 0 radical (unpaired) electrons. The second-order valence-corrected chi connectivity index (χ2v) is 7.21. The highest BCUT2D eigenvalue weighted by Gasteiger charge is 2.42. The van der Waals surface area contributed by atoms with Crippen LogP contribution in [0.1, 0.15) is 31.4 Å². The predicted molar refractivity (Wildman–Crippen MR) is 90.8 cm³/mol. The minimum Gasteiger partial charge on any atom is -0.383 e. The first kappa shape index (κ1) is 18.9. The first-order valence-electron chi connectivity index (χ1n) is 8.89. The molecule has 2 saturated heterocycles. The molecule has 0 aromatic carbocycles. The van der Waals surface area contributed by atoms with Crippen LogP contribution in [0.2, 0.25) is 0 Å². The van der Waals surface area contributed by atoms with Crippen molar-refractivity contribution in [1.29, 1.82) is 0 Å². The summed E-state index contributed by atoms with van der Waals surface area (Å²) >= 11 is 0. The van der Waals surface area contributed by atoms with Gasteiger partial charge in [-0.3, -0.25) is 4.79 Å². The highest BCUT2D eigenvalue weighted by Crippen LogP contribution is 2.40. The zero-order valence-corrected chi connectivity index (χ0v) is 14.9. The smallest absolute Gasteiger partial charge is 0.383 e. The van der Waals surface area contributed by atoms with Gasteiger partial charge >= 0.3 is 6.18 Å². The Morgan fingerprint density at radius 3 is 2.81 bits per heavy atom. The Morgan fingerprint density at radius 2 is 2.08 bits per heavy atom. The number of methoxy groups -OCH3 is 1. The third-order valence-electron chi connectivity index (χ3n) is 5.32. The Kier molecular flexibility index (Phi) is 5.41. The quantitative estimate of drug-likeness (QED) is 0.816. The molecule has 1 amide bonds. The van der Waals surface area contributed by atoms with Crippen molar-refractivity contribution >= 4 is 11.7 Å². The Balaban J connectivity index is 1.76. The molecule has 2 aliphatic rings. The second-order valence-electron chi connectivity index (χ2n) is 7.21. The fourth-order valence-electron chi connectivity index (χ4n) is 4.00. The summed E-state index contributed by atoms with van der Waals surface area (Å²) in [5.74, 6) is 0.487. The number of hydrogen-bond acceptors (Lipinski definition) is 4. The Bertz CT molecular complexity index is 653. The van der Waals surface area contributed by atoms with E-state index in [0.717, 1.165) is 25.3 Å². The number of ether oxygens (including phenoxy) is 1. The number of piperidine rings is 2. The molecule has 0 N–H and O–H groups in total. The first-order valence-corrected chi connectivity index (χ1v) is 8.89. The second kappa shape index (κ2) is 7.42. The van der Waals surface area contributed by atoms with Gasteiger partial charge in [-0.1, -0.05) is 6.07 Å². The lowest BCUT2D eigenvalue weighted by atomic mass is 9.73. The molecule has 2 aliphatic heterocycles. The summed E-state index contributed by atoms with van der Waals surface area (Å²) < 4.78 is 44.0. The number of halogens is 3. The summed E-state index contributed by atoms with van der Waals surface area (Å²) in [6, 6.07) is 4.03. The maximum atomic E-state index is 13.0. The van der Waals surface area contributed by atoms with Crippen LogP contribution in [-0.2, 0) is 15.7 Å². The lowest BCUT2D eigenvalue weighted by Crippen LogP contribution is -2.54. The number of carbonyl (C=O) groups is 1. The third kappa shape index (κ3) is 4.11. The van der Waals surface area contributed by atoms with Gasteiger partial charge in [0.25, 0.3) is 0 Å². The number of carbonyl (C=O) groups excluding carboxylic acids is 1. The maximum absolute atomic E-state index is 13.0.